The van der Waals surface area contributed by atoms with Gasteiger partial charge in [0.2, 0.25) is 6.29 Å². The van der Waals surface area contributed by atoms with E-state index in [2.05, 4.69) is 15.0 Å². The van der Waals surface area contributed by atoms with Crippen LogP contribution in [0.3, 0.4) is 0 Å². The Bertz CT molecular complexity index is 544. The standard InChI is InChI=1S/C12H16N4O6/c1-5-14-10-11(21-7(3)18)9(15-16-13)8(4-19-6(2)17)22-12(10)20-5/h8-12H,4H2,1-3H3/t8-,9-,10+,11+,12-/m1/s1. The minimum Gasteiger partial charge on any atom is -0.463 e. The van der Waals surface area contributed by atoms with Crippen LogP contribution in [0.15, 0.2) is 10.1 Å². The SMILES string of the molecule is CC(=O)OC[C@H]1O[C@H]2OC(C)=N[C@H]2[C@@H](OC(C)=O)[C@@H]1N=[N+]=[N-]. The molecule has 0 aliphatic carbocycles. The van der Waals surface area contributed by atoms with E-state index in [1.807, 2.05) is 0 Å². The highest BCUT2D eigenvalue weighted by molar-refractivity contribution is 5.75. The number of hydrogen-bond acceptors (Lipinski definition) is 8. The van der Waals surface area contributed by atoms with Crippen LogP contribution in [0.25, 0.3) is 10.4 Å². The van der Waals surface area contributed by atoms with Crippen LogP contribution in [0, 0.1) is 0 Å². The fraction of sp³-hybridized carbons (Fsp3) is 0.750. The van der Waals surface area contributed by atoms with Crippen molar-refractivity contribution in [1.29, 1.82) is 0 Å². The van der Waals surface area contributed by atoms with E-state index in [4.69, 9.17) is 24.5 Å². The summed E-state index contributed by atoms with van der Waals surface area (Å²) in [5.74, 6) is -0.677. The lowest BCUT2D eigenvalue weighted by atomic mass is 9.95. The molecule has 1 saturated heterocycles. The predicted molar refractivity (Wildman–Crippen MR) is 71.8 cm³/mol. The van der Waals surface area contributed by atoms with Crippen LogP contribution in [0.2, 0.25) is 0 Å². The number of nitrogens with zero attached hydrogens (tertiary/aromatic N) is 4. The van der Waals surface area contributed by atoms with Crippen LogP contribution >= 0.6 is 0 Å². The van der Waals surface area contributed by atoms with Crippen LogP contribution in [0.5, 0.6) is 0 Å². The summed E-state index contributed by atoms with van der Waals surface area (Å²) in [5.41, 5.74) is 8.75. The first-order valence-electron chi connectivity index (χ1n) is 6.63. The summed E-state index contributed by atoms with van der Waals surface area (Å²) < 4.78 is 21.2. The maximum Gasteiger partial charge on any atom is 0.302 e. The Morgan fingerprint density at radius 2 is 2.14 bits per heavy atom. The highest BCUT2D eigenvalue weighted by Gasteiger charge is 2.51. The van der Waals surface area contributed by atoms with Gasteiger partial charge in [0.1, 0.15) is 24.9 Å². The lowest BCUT2D eigenvalue weighted by Crippen LogP contribution is -2.57. The van der Waals surface area contributed by atoms with E-state index >= 15 is 0 Å². The van der Waals surface area contributed by atoms with Crippen LogP contribution in [0.1, 0.15) is 20.8 Å². The molecule has 0 aromatic heterocycles. The van der Waals surface area contributed by atoms with E-state index in [1.54, 1.807) is 6.92 Å². The van der Waals surface area contributed by atoms with Crippen molar-refractivity contribution in [3.8, 4) is 0 Å². The molecule has 10 heteroatoms. The van der Waals surface area contributed by atoms with E-state index in [0.29, 0.717) is 5.90 Å². The molecule has 2 aliphatic rings. The summed E-state index contributed by atoms with van der Waals surface area (Å²) >= 11 is 0. The van der Waals surface area contributed by atoms with Gasteiger partial charge in [-0.2, -0.15) is 0 Å². The molecule has 0 aromatic rings. The van der Waals surface area contributed by atoms with Crippen molar-refractivity contribution in [1.82, 2.24) is 0 Å². The van der Waals surface area contributed by atoms with Crippen molar-refractivity contribution < 1.29 is 28.5 Å². The van der Waals surface area contributed by atoms with E-state index in [1.165, 1.54) is 13.8 Å². The number of hydrogen-bond donors (Lipinski definition) is 0. The Balaban J connectivity index is 2.26. The van der Waals surface area contributed by atoms with Gasteiger partial charge in [0.15, 0.2) is 11.9 Å². The number of fused-ring (bicyclic) bond motifs is 1. The Kier molecular flexibility index (Phi) is 4.84. The number of aliphatic imine (C=N–C) groups is 1. The van der Waals surface area contributed by atoms with Crippen molar-refractivity contribution in [2.24, 2.45) is 10.1 Å². The second-order valence-electron chi connectivity index (χ2n) is 4.87. The molecule has 0 bridgehead atoms. The molecule has 0 radical (unpaired) electrons. The van der Waals surface area contributed by atoms with Gasteiger partial charge in [-0.15, -0.1) is 0 Å². The van der Waals surface area contributed by atoms with E-state index in [0.717, 1.165) is 0 Å². The molecule has 5 atom stereocenters. The smallest absolute Gasteiger partial charge is 0.302 e. The molecule has 120 valence electrons. The summed E-state index contributed by atoms with van der Waals surface area (Å²) in [6.45, 7) is 3.97. The Morgan fingerprint density at radius 3 is 2.73 bits per heavy atom. The first-order valence-corrected chi connectivity index (χ1v) is 6.63. The van der Waals surface area contributed by atoms with Gasteiger partial charge in [0.25, 0.3) is 0 Å². The summed E-state index contributed by atoms with van der Waals surface area (Å²) in [6, 6.07) is -1.51. The third-order valence-electron chi connectivity index (χ3n) is 3.20. The molecule has 0 N–H and O–H groups in total. The first-order chi connectivity index (χ1) is 10.4. The van der Waals surface area contributed by atoms with Gasteiger partial charge < -0.3 is 18.9 Å². The lowest BCUT2D eigenvalue weighted by Gasteiger charge is -2.39. The van der Waals surface area contributed by atoms with E-state index in [-0.39, 0.29) is 6.61 Å². The average Bonchev–Trinajstić information content (AvgIpc) is 2.79. The molecule has 0 spiro atoms. The topological polar surface area (TPSA) is 132 Å². The van der Waals surface area contributed by atoms with Gasteiger partial charge in [-0.05, 0) is 5.53 Å². The molecule has 22 heavy (non-hydrogen) atoms. The van der Waals surface area contributed by atoms with Crippen molar-refractivity contribution in [2.75, 3.05) is 6.61 Å². The quantitative estimate of drug-likeness (QED) is 0.325. The van der Waals surface area contributed by atoms with Crippen molar-refractivity contribution >= 4 is 17.8 Å². The van der Waals surface area contributed by atoms with E-state index < -0.39 is 42.5 Å². The van der Waals surface area contributed by atoms with Gasteiger partial charge in [-0.25, -0.2) is 4.99 Å². The molecule has 1 fully saturated rings. The maximum atomic E-state index is 11.3. The zero-order chi connectivity index (χ0) is 16.3. The average molecular weight is 312 g/mol. The van der Waals surface area contributed by atoms with Gasteiger partial charge in [-0.3, -0.25) is 9.59 Å². The molecule has 0 amide bonds. The normalized spacial score (nSPS) is 32.9. The second kappa shape index (κ2) is 6.63. The van der Waals surface area contributed by atoms with E-state index in [9.17, 15) is 9.59 Å². The van der Waals surface area contributed by atoms with Crippen LogP contribution in [0.4, 0.5) is 0 Å². The largest absolute Gasteiger partial charge is 0.463 e. The zero-order valence-electron chi connectivity index (χ0n) is 12.3. The molecular formula is C12H16N4O6. The second-order valence-corrected chi connectivity index (χ2v) is 4.87. The molecular weight excluding hydrogens is 296 g/mol. The molecule has 2 aliphatic heterocycles. The highest BCUT2D eigenvalue weighted by Crippen LogP contribution is 2.32. The number of esters is 2. The monoisotopic (exact) mass is 312 g/mol. The van der Waals surface area contributed by atoms with Crippen LogP contribution in [-0.2, 0) is 28.5 Å². The Labute approximate surface area is 126 Å². The molecule has 10 nitrogen and oxygen atoms in total. The number of ether oxygens (including phenoxy) is 4. The van der Waals surface area contributed by atoms with Crippen molar-refractivity contribution in [3.05, 3.63) is 10.4 Å². The minimum atomic E-state index is -0.882. The molecule has 0 unspecified atom stereocenters. The summed E-state index contributed by atoms with van der Waals surface area (Å²) in [5, 5.41) is 3.63. The van der Waals surface area contributed by atoms with Crippen molar-refractivity contribution in [2.45, 2.75) is 51.4 Å². The van der Waals surface area contributed by atoms with Crippen molar-refractivity contribution in [3.63, 3.8) is 0 Å². The van der Waals surface area contributed by atoms with Gasteiger partial charge in [0, 0.05) is 25.7 Å². The molecule has 0 aromatic carbocycles. The van der Waals surface area contributed by atoms with Crippen LogP contribution in [-0.4, -0.2) is 55.0 Å². The third kappa shape index (κ3) is 3.46. The van der Waals surface area contributed by atoms with Gasteiger partial charge in [0.05, 0.1) is 0 Å². The maximum absolute atomic E-state index is 11.3. The third-order valence-corrected chi connectivity index (χ3v) is 3.20. The molecule has 0 saturated carbocycles. The number of carbonyl (C=O) groups is 2. The summed E-state index contributed by atoms with van der Waals surface area (Å²) in [7, 11) is 0. The minimum absolute atomic E-state index is 0.150. The number of carbonyl (C=O) groups excluding carboxylic acids is 2. The zero-order valence-corrected chi connectivity index (χ0v) is 12.3. The first kappa shape index (κ1) is 16.1. The Morgan fingerprint density at radius 1 is 1.41 bits per heavy atom. The van der Waals surface area contributed by atoms with Crippen LogP contribution < -0.4 is 0 Å². The predicted octanol–water partition coefficient (Wildman–Crippen LogP) is 0.702. The number of azide groups is 1. The van der Waals surface area contributed by atoms with Gasteiger partial charge in [-0.1, -0.05) is 5.11 Å². The highest BCUT2D eigenvalue weighted by atomic mass is 16.7. The fourth-order valence-corrected chi connectivity index (χ4v) is 2.41. The number of rotatable bonds is 4. The molecule has 2 rings (SSSR count). The lowest BCUT2D eigenvalue weighted by molar-refractivity contribution is -0.211. The summed E-state index contributed by atoms with van der Waals surface area (Å²) in [4.78, 5) is 29.3. The fourth-order valence-electron chi connectivity index (χ4n) is 2.41. The Hall–Kier alpha value is -2.32. The summed E-state index contributed by atoms with van der Waals surface area (Å²) in [6.07, 6.45) is -2.44. The molecule has 2 heterocycles. The van der Waals surface area contributed by atoms with Gasteiger partial charge >= 0.3 is 11.9 Å².